The summed E-state index contributed by atoms with van der Waals surface area (Å²) in [6.45, 7) is 1.95. The van der Waals surface area contributed by atoms with Crippen molar-refractivity contribution in [2.24, 2.45) is 0 Å². The molecular weight excluding hydrogens is 250 g/mol. The Labute approximate surface area is 118 Å². The highest BCUT2D eigenvalue weighted by Gasteiger charge is 2.02. The molecule has 1 heterocycles. The molecule has 0 aliphatic rings. The number of hydrogen-bond acceptors (Lipinski definition) is 3. The highest BCUT2D eigenvalue weighted by molar-refractivity contribution is 5.73. The van der Waals surface area contributed by atoms with Gasteiger partial charge in [0.2, 0.25) is 0 Å². The van der Waals surface area contributed by atoms with Crippen LogP contribution in [0.15, 0.2) is 48.7 Å². The molecule has 0 amide bonds. The maximum absolute atomic E-state index is 11.4. The molecule has 0 fully saturated rings. The van der Waals surface area contributed by atoms with Crippen molar-refractivity contribution in [3.63, 3.8) is 0 Å². The van der Waals surface area contributed by atoms with Crippen LogP contribution in [0.3, 0.4) is 0 Å². The van der Waals surface area contributed by atoms with Gasteiger partial charge in [-0.05, 0) is 42.3 Å². The Kier molecular flexibility index (Phi) is 5.07. The van der Waals surface area contributed by atoms with E-state index >= 15 is 0 Å². The molecule has 0 saturated carbocycles. The maximum Gasteiger partial charge on any atom is 0.311 e. The first-order valence-electron chi connectivity index (χ1n) is 6.68. The molecule has 0 aliphatic heterocycles. The van der Waals surface area contributed by atoms with Crippen LogP contribution in [0.4, 0.5) is 0 Å². The molecule has 0 aliphatic carbocycles. The molecule has 102 valence electrons. The Hall–Kier alpha value is -2.42. The van der Waals surface area contributed by atoms with Crippen LogP contribution in [-0.4, -0.2) is 11.0 Å². The summed E-state index contributed by atoms with van der Waals surface area (Å²) in [5, 5.41) is 0. The Morgan fingerprint density at radius 1 is 1.15 bits per heavy atom. The molecule has 0 saturated heterocycles. The van der Waals surface area contributed by atoms with Crippen LogP contribution in [0, 0.1) is 0 Å². The lowest BCUT2D eigenvalue weighted by molar-refractivity contribution is -0.134. The molecule has 0 atom stereocenters. The second kappa shape index (κ2) is 7.24. The van der Waals surface area contributed by atoms with Crippen molar-refractivity contribution in [2.45, 2.75) is 19.8 Å². The van der Waals surface area contributed by atoms with Crippen LogP contribution in [0.5, 0.6) is 5.75 Å². The third-order valence-electron chi connectivity index (χ3n) is 2.70. The van der Waals surface area contributed by atoms with Gasteiger partial charge >= 0.3 is 5.97 Å². The first-order valence-corrected chi connectivity index (χ1v) is 6.68. The molecule has 0 N–H and O–H groups in total. The van der Waals surface area contributed by atoms with Gasteiger partial charge in [0.25, 0.3) is 0 Å². The van der Waals surface area contributed by atoms with E-state index in [1.807, 2.05) is 49.4 Å². The van der Waals surface area contributed by atoms with Crippen molar-refractivity contribution in [2.75, 3.05) is 0 Å². The molecule has 0 unspecified atom stereocenters. The van der Waals surface area contributed by atoms with Crippen LogP contribution in [0.1, 0.15) is 31.0 Å². The molecule has 2 rings (SSSR count). The summed E-state index contributed by atoms with van der Waals surface area (Å²) in [7, 11) is 0. The third-order valence-corrected chi connectivity index (χ3v) is 2.70. The van der Waals surface area contributed by atoms with Gasteiger partial charge in [-0.25, -0.2) is 0 Å². The number of rotatable bonds is 5. The van der Waals surface area contributed by atoms with Crippen molar-refractivity contribution in [3.8, 4) is 5.75 Å². The number of ether oxygens (including phenoxy) is 1. The standard InChI is InChI=1S/C17H17NO2/c1-2-5-17(19)20-16-11-8-14(9-12-16)7-10-15-6-3-4-13-18-15/h3-4,6-13H,2,5H2,1H3/b10-7+. The fourth-order valence-electron chi connectivity index (χ4n) is 1.69. The summed E-state index contributed by atoms with van der Waals surface area (Å²) >= 11 is 0. The Morgan fingerprint density at radius 2 is 1.95 bits per heavy atom. The molecule has 1 aromatic heterocycles. The number of esters is 1. The zero-order valence-electron chi connectivity index (χ0n) is 11.5. The fraction of sp³-hybridized carbons (Fsp3) is 0.176. The van der Waals surface area contributed by atoms with E-state index in [2.05, 4.69) is 4.98 Å². The molecular formula is C17H17NO2. The number of benzene rings is 1. The molecule has 0 bridgehead atoms. The van der Waals surface area contributed by atoms with Crippen LogP contribution in [-0.2, 0) is 4.79 Å². The summed E-state index contributed by atoms with van der Waals surface area (Å²) in [5.41, 5.74) is 1.94. The minimum absolute atomic E-state index is 0.190. The minimum Gasteiger partial charge on any atom is -0.427 e. The predicted octanol–water partition coefficient (Wildman–Crippen LogP) is 3.96. The maximum atomic E-state index is 11.4. The number of carbonyl (C=O) groups excluding carboxylic acids is 1. The lowest BCUT2D eigenvalue weighted by Gasteiger charge is -2.03. The smallest absolute Gasteiger partial charge is 0.311 e. The van der Waals surface area contributed by atoms with Gasteiger partial charge in [0.1, 0.15) is 5.75 Å². The number of hydrogen-bond donors (Lipinski definition) is 0. The average molecular weight is 267 g/mol. The highest BCUT2D eigenvalue weighted by atomic mass is 16.5. The normalized spacial score (nSPS) is 10.7. The zero-order chi connectivity index (χ0) is 14.2. The summed E-state index contributed by atoms with van der Waals surface area (Å²) in [4.78, 5) is 15.6. The average Bonchev–Trinajstić information content (AvgIpc) is 2.48. The molecule has 1 aromatic carbocycles. The number of nitrogens with zero attached hydrogens (tertiary/aromatic N) is 1. The SMILES string of the molecule is CCCC(=O)Oc1ccc(/C=C/c2ccccn2)cc1. The van der Waals surface area contributed by atoms with Gasteiger partial charge < -0.3 is 4.74 Å². The van der Waals surface area contributed by atoms with Crippen molar-refractivity contribution < 1.29 is 9.53 Å². The van der Waals surface area contributed by atoms with Crippen molar-refractivity contribution in [1.82, 2.24) is 4.98 Å². The van der Waals surface area contributed by atoms with Gasteiger partial charge in [0.05, 0.1) is 5.69 Å². The number of pyridine rings is 1. The lowest BCUT2D eigenvalue weighted by atomic mass is 10.2. The van der Waals surface area contributed by atoms with Gasteiger partial charge in [0, 0.05) is 12.6 Å². The van der Waals surface area contributed by atoms with Crippen LogP contribution >= 0.6 is 0 Å². The van der Waals surface area contributed by atoms with E-state index in [1.54, 1.807) is 18.3 Å². The summed E-state index contributed by atoms with van der Waals surface area (Å²) in [6.07, 6.45) is 6.92. The van der Waals surface area contributed by atoms with E-state index in [0.29, 0.717) is 12.2 Å². The molecule has 3 heteroatoms. The van der Waals surface area contributed by atoms with Crippen molar-refractivity contribution in [1.29, 1.82) is 0 Å². The summed E-state index contributed by atoms with van der Waals surface area (Å²) in [5.74, 6) is 0.391. The number of aromatic nitrogens is 1. The van der Waals surface area contributed by atoms with E-state index in [4.69, 9.17) is 4.74 Å². The molecule has 2 aromatic rings. The Bertz CT molecular complexity index is 574. The molecule has 20 heavy (non-hydrogen) atoms. The quantitative estimate of drug-likeness (QED) is 0.608. The van der Waals surface area contributed by atoms with E-state index in [1.165, 1.54) is 0 Å². The van der Waals surface area contributed by atoms with E-state index in [-0.39, 0.29) is 5.97 Å². The summed E-state index contributed by atoms with van der Waals surface area (Å²) < 4.78 is 5.20. The molecule has 0 radical (unpaired) electrons. The third kappa shape index (κ3) is 4.35. The van der Waals surface area contributed by atoms with Gasteiger partial charge in [-0.1, -0.05) is 31.2 Å². The predicted molar refractivity (Wildman–Crippen MR) is 80.2 cm³/mol. The van der Waals surface area contributed by atoms with E-state index in [9.17, 15) is 4.79 Å². The second-order valence-electron chi connectivity index (χ2n) is 4.38. The van der Waals surface area contributed by atoms with E-state index in [0.717, 1.165) is 17.7 Å². The monoisotopic (exact) mass is 267 g/mol. The fourth-order valence-corrected chi connectivity index (χ4v) is 1.69. The largest absolute Gasteiger partial charge is 0.427 e. The second-order valence-corrected chi connectivity index (χ2v) is 4.38. The minimum atomic E-state index is -0.190. The first-order chi connectivity index (χ1) is 9.78. The zero-order valence-corrected chi connectivity index (χ0v) is 11.5. The Balaban J connectivity index is 1.98. The van der Waals surface area contributed by atoms with Gasteiger partial charge in [-0.3, -0.25) is 9.78 Å². The Morgan fingerprint density at radius 3 is 2.60 bits per heavy atom. The van der Waals surface area contributed by atoms with Gasteiger partial charge in [-0.2, -0.15) is 0 Å². The summed E-state index contributed by atoms with van der Waals surface area (Å²) in [6, 6.07) is 13.2. The molecule has 0 spiro atoms. The number of carbonyl (C=O) groups is 1. The van der Waals surface area contributed by atoms with Gasteiger partial charge in [-0.15, -0.1) is 0 Å². The van der Waals surface area contributed by atoms with Crippen LogP contribution < -0.4 is 4.74 Å². The first kappa shape index (κ1) is 14.0. The van der Waals surface area contributed by atoms with E-state index < -0.39 is 0 Å². The van der Waals surface area contributed by atoms with Crippen molar-refractivity contribution in [3.05, 3.63) is 59.9 Å². The van der Waals surface area contributed by atoms with Crippen molar-refractivity contribution >= 4 is 18.1 Å². The van der Waals surface area contributed by atoms with Crippen LogP contribution in [0.25, 0.3) is 12.2 Å². The lowest BCUT2D eigenvalue weighted by Crippen LogP contribution is -2.06. The topological polar surface area (TPSA) is 39.2 Å². The highest BCUT2D eigenvalue weighted by Crippen LogP contribution is 2.15. The molecule has 3 nitrogen and oxygen atoms in total. The van der Waals surface area contributed by atoms with Gasteiger partial charge in [0.15, 0.2) is 0 Å². The van der Waals surface area contributed by atoms with Crippen LogP contribution in [0.2, 0.25) is 0 Å².